The molecule has 1 heterocycles. The Balaban J connectivity index is 2.22. The van der Waals surface area contributed by atoms with Crippen LogP contribution in [0.4, 0.5) is 4.79 Å². The molecule has 2 N–H and O–H groups in total. The summed E-state index contributed by atoms with van der Waals surface area (Å²) in [6.45, 7) is 20.9. The highest BCUT2D eigenvalue weighted by Gasteiger charge is 2.40. The molecule has 0 aliphatic heterocycles. The lowest BCUT2D eigenvalue weighted by molar-refractivity contribution is -0.169. The van der Waals surface area contributed by atoms with Gasteiger partial charge in [-0.1, -0.05) is 57.5 Å². The monoisotopic (exact) mass is 801 g/mol. The molecule has 14 nitrogen and oxygen atoms in total. The number of rotatable bonds is 17. The molecule has 0 fully saturated rings. The third-order valence-corrected chi connectivity index (χ3v) is 9.83. The first-order chi connectivity index (χ1) is 25.9. The zero-order valence-corrected chi connectivity index (χ0v) is 36.4. The van der Waals surface area contributed by atoms with E-state index in [0.29, 0.717) is 17.8 Å². The van der Waals surface area contributed by atoms with E-state index in [1.807, 2.05) is 51.1 Å². The van der Waals surface area contributed by atoms with Crippen LogP contribution < -0.4 is 10.6 Å². The summed E-state index contributed by atoms with van der Waals surface area (Å²) in [5.41, 5.74) is -0.534. The second-order valence-electron chi connectivity index (χ2n) is 16.5. The number of alkyl carbamates (subject to hydrolysis) is 1. The van der Waals surface area contributed by atoms with Crippen LogP contribution in [0, 0.1) is 11.8 Å². The lowest BCUT2D eigenvalue weighted by atomic mass is 9.97. The van der Waals surface area contributed by atoms with Gasteiger partial charge in [0.15, 0.2) is 6.10 Å². The first-order valence-electron chi connectivity index (χ1n) is 19.1. The highest BCUT2D eigenvalue weighted by atomic mass is 32.1. The Labute approximate surface area is 336 Å². The van der Waals surface area contributed by atoms with Crippen LogP contribution in [-0.4, -0.2) is 100 Å². The molecule has 15 heteroatoms. The molecule has 6 atom stereocenters. The fraction of sp³-hybridized carbons (Fsp3) is 0.634. The first-order valence-corrected chi connectivity index (χ1v) is 20.0. The summed E-state index contributed by atoms with van der Waals surface area (Å²) in [5.74, 6) is -4.01. The number of carbonyl (C=O) groups is 6. The maximum absolute atomic E-state index is 14.2. The highest BCUT2D eigenvalue weighted by Crippen LogP contribution is 2.23. The van der Waals surface area contributed by atoms with Gasteiger partial charge in [-0.05, 0) is 80.2 Å². The van der Waals surface area contributed by atoms with E-state index >= 15 is 0 Å². The van der Waals surface area contributed by atoms with Gasteiger partial charge in [-0.3, -0.25) is 19.2 Å². The summed E-state index contributed by atoms with van der Waals surface area (Å²) >= 11 is 1.20. The van der Waals surface area contributed by atoms with Gasteiger partial charge in [-0.15, -0.1) is 11.3 Å². The van der Waals surface area contributed by atoms with Gasteiger partial charge in [-0.25, -0.2) is 14.6 Å². The van der Waals surface area contributed by atoms with E-state index < -0.39 is 83.1 Å². The molecular weight excluding hydrogens is 739 g/mol. The van der Waals surface area contributed by atoms with Crippen LogP contribution in [0.3, 0.4) is 0 Å². The van der Waals surface area contributed by atoms with Crippen LogP contribution in [0.15, 0.2) is 35.7 Å². The summed E-state index contributed by atoms with van der Waals surface area (Å²) < 4.78 is 16.6. The SMILES string of the molecule is CCC[C@@H](NC(=O)c1csc([C@H](C)NC(=O)OC(C)(C)C)n1)[C@@H](C)C(=O)O[C@@H](C)C(=O)N(C)[C@@H](Cc1ccccc1)C(=O)N(C)[C@H](C(=O)OC(C)(C)C)C(C)C. The molecule has 0 bridgehead atoms. The van der Waals surface area contributed by atoms with Gasteiger partial charge in [0, 0.05) is 31.9 Å². The lowest BCUT2D eigenvalue weighted by Crippen LogP contribution is -2.57. The largest absolute Gasteiger partial charge is 0.458 e. The lowest BCUT2D eigenvalue weighted by Gasteiger charge is -2.37. The summed E-state index contributed by atoms with van der Waals surface area (Å²) in [5, 5.41) is 7.67. The van der Waals surface area contributed by atoms with E-state index in [4.69, 9.17) is 14.2 Å². The number of ether oxygens (including phenoxy) is 3. The third-order valence-electron chi connectivity index (χ3n) is 8.81. The number of nitrogens with zero attached hydrogens (tertiary/aromatic N) is 3. The second-order valence-corrected chi connectivity index (χ2v) is 17.4. The fourth-order valence-electron chi connectivity index (χ4n) is 5.91. The van der Waals surface area contributed by atoms with Crippen LogP contribution in [-0.2, 0) is 39.8 Å². The minimum Gasteiger partial charge on any atom is -0.458 e. The van der Waals surface area contributed by atoms with Gasteiger partial charge >= 0.3 is 18.0 Å². The van der Waals surface area contributed by atoms with Gasteiger partial charge in [0.05, 0.1) is 12.0 Å². The van der Waals surface area contributed by atoms with E-state index in [0.717, 1.165) is 5.56 Å². The summed E-state index contributed by atoms with van der Waals surface area (Å²) in [6.07, 6.45) is -0.676. The molecule has 2 rings (SSSR count). The Kier molecular flexibility index (Phi) is 17.5. The van der Waals surface area contributed by atoms with Crippen molar-refractivity contribution in [3.05, 3.63) is 52.0 Å². The van der Waals surface area contributed by atoms with Crippen molar-refractivity contribution in [3.8, 4) is 0 Å². The predicted octanol–water partition coefficient (Wildman–Crippen LogP) is 6.09. The van der Waals surface area contributed by atoms with Gasteiger partial charge < -0.3 is 34.6 Å². The minimum absolute atomic E-state index is 0.125. The Hall–Kier alpha value is -4.53. The van der Waals surface area contributed by atoms with E-state index in [9.17, 15) is 28.8 Å². The second kappa shape index (κ2) is 20.6. The van der Waals surface area contributed by atoms with Gasteiger partial charge in [0.25, 0.3) is 11.8 Å². The number of hydrogen-bond donors (Lipinski definition) is 2. The Morgan fingerprint density at radius 3 is 1.93 bits per heavy atom. The number of hydrogen-bond acceptors (Lipinski definition) is 11. The van der Waals surface area contributed by atoms with Gasteiger partial charge in [0.2, 0.25) is 5.91 Å². The number of esters is 2. The van der Waals surface area contributed by atoms with Gasteiger partial charge in [0.1, 0.15) is 34.0 Å². The van der Waals surface area contributed by atoms with E-state index in [1.54, 1.807) is 60.8 Å². The highest BCUT2D eigenvalue weighted by molar-refractivity contribution is 7.09. The molecule has 2 aromatic rings. The van der Waals surface area contributed by atoms with Crippen molar-refractivity contribution in [1.82, 2.24) is 25.4 Å². The maximum atomic E-state index is 14.2. The standard InChI is InChI=1S/C41H63N5O9S/c1-15-19-29(43-33(47)30-23-56-34(44-30)26(5)42-39(52)55-41(10,11)12)25(4)37(50)53-27(6)35(48)45(13)31(22-28-20-17-16-18-21-28)36(49)46(14)32(24(2)3)38(51)54-40(7,8)9/h16-18,20-21,23-27,29,31-32H,15,19,22H2,1-14H3,(H,42,52)(H,43,47)/t25-,26+,27+,29-,31+,32+/m1/s1. The fourth-order valence-corrected chi connectivity index (χ4v) is 6.72. The van der Waals surface area contributed by atoms with Crippen molar-refractivity contribution in [3.63, 3.8) is 0 Å². The minimum atomic E-state index is -1.28. The van der Waals surface area contributed by atoms with Crippen molar-refractivity contribution in [2.45, 2.75) is 144 Å². The average Bonchev–Trinajstić information content (AvgIpc) is 3.59. The zero-order chi connectivity index (χ0) is 42.7. The summed E-state index contributed by atoms with van der Waals surface area (Å²) in [7, 11) is 2.99. The molecule has 1 aromatic heterocycles. The van der Waals surface area contributed by atoms with Crippen molar-refractivity contribution in [2.75, 3.05) is 14.1 Å². The molecule has 0 radical (unpaired) electrons. The third kappa shape index (κ3) is 14.5. The zero-order valence-electron chi connectivity index (χ0n) is 35.6. The number of carbonyl (C=O) groups excluding carboxylic acids is 6. The molecule has 312 valence electrons. The number of likely N-dealkylation sites (N-methyl/N-ethyl adjacent to an activating group) is 2. The normalized spacial score (nSPS) is 15.0. The van der Waals surface area contributed by atoms with Crippen molar-refractivity contribution in [2.24, 2.45) is 11.8 Å². The Morgan fingerprint density at radius 2 is 1.39 bits per heavy atom. The molecule has 56 heavy (non-hydrogen) atoms. The molecule has 0 saturated carbocycles. The van der Waals surface area contributed by atoms with Crippen LogP contribution in [0.5, 0.6) is 0 Å². The molecule has 4 amide bonds. The number of amides is 4. The van der Waals surface area contributed by atoms with Crippen LogP contribution in [0.2, 0.25) is 0 Å². The van der Waals surface area contributed by atoms with Crippen molar-refractivity contribution < 1.29 is 43.0 Å². The molecule has 0 aliphatic rings. The van der Waals surface area contributed by atoms with E-state index in [1.165, 1.54) is 42.2 Å². The molecular formula is C41H63N5O9S. The molecule has 0 aliphatic carbocycles. The summed E-state index contributed by atoms with van der Waals surface area (Å²) in [4.78, 5) is 87.5. The van der Waals surface area contributed by atoms with Crippen molar-refractivity contribution in [1.29, 1.82) is 0 Å². The van der Waals surface area contributed by atoms with E-state index in [-0.39, 0.29) is 18.0 Å². The smallest absolute Gasteiger partial charge is 0.408 e. The number of aromatic nitrogens is 1. The Bertz CT molecular complexity index is 1650. The van der Waals surface area contributed by atoms with E-state index in [2.05, 4.69) is 15.6 Å². The number of thiazole rings is 1. The molecule has 0 spiro atoms. The van der Waals surface area contributed by atoms with Gasteiger partial charge in [-0.2, -0.15) is 0 Å². The Morgan fingerprint density at radius 1 is 0.804 bits per heavy atom. The average molecular weight is 802 g/mol. The van der Waals surface area contributed by atoms with Crippen LogP contribution in [0.1, 0.15) is 123 Å². The number of nitrogens with one attached hydrogen (secondary N) is 2. The first kappa shape index (κ1) is 47.6. The summed E-state index contributed by atoms with van der Waals surface area (Å²) in [6, 6.07) is 6.05. The predicted molar refractivity (Wildman–Crippen MR) is 215 cm³/mol. The molecule has 0 saturated heterocycles. The molecule has 0 unspecified atom stereocenters. The molecule has 1 aromatic carbocycles. The quantitative estimate of drug-likeness (QED) is 0.141. The number of benzene rings is 1. The van der Waals surface area contributed by atoms with Crippen molar-refractivity contribution >= 4 is 47.1 Å². The maximum Gasteiger partial charge on any atom is 0.408 e. The van der Waals surface area contributed by atoms with Crippen LogP contribution in [0.25, 0.3) is 0 Å². The topological polar surface area (TPSA) is 174 Å². The van der Waals surface area contributed by atoms with Crippen LogP contribution >= 0.6 is 11.3 Å².